The summed E-state index contributed by atoms with van der Waals surface area (Å²) in [6.45, 7) is 3.22. The minimum atomic E-state index is -1.27. The fraction of sp³-hybridized carbons (Fsp3) is 0.500. The van der Waals surface area contributed by atoms with Crippen molar-refractivity contribution in [1.82, 2.24) is 0 Å². The SMILES string of the molecule is CC(C)/C(C(=O)O)=C(/CCC#N)C(=O)O. The molecule has 0 heterocycles. The molecule has 0 aromatic heterocycles. The molecule has 0 aliphatic carbocycles. The lowest BCUT2D eigenvalue weighted by atomic mass is 9.94. The third kappa shape index (κ3) is 3.81. The third-order valence-electron chi connectivity index (χ3n) is 1.88. The van der Waals surface area contributed by atoms with Crippen molar-refractivity contribution in [3.63, 3.8) is 0 Å². The Morgan fingerprint density at radius 2 is 1.80 bits per heavy atom. The standard InChI is InChI=1S/C10H13NO4/c1-6(2)8(10(14)15)7(9(12)13)4-3-5-11/h6H,3-4H2,1-2H3,(H,12,13)(H,14,15)/b8-7+. The van der Waals surface area contributed by atoms with Crippen LogP contribution in [0.25, 0.3) is 0 Å². The van der Waals surface area contributed by atoms with Gasteiger partial charge in [0.05, 0.1) is 6.07 Å². The second-order valence-electron chi connectivity index (χ2n) is 3.32. The van der Waals surface area contributed by atoms with Crippen molar-refractivity contribution in [3.8, 4) is 6.07 Å². The Labute approximate surface area is 87.6 Å². The quantitative estimate of drug-likeness (QED) is 0.670. The number of carboxylic acids is 2. The van der Waals surface area contributed by atoms with E-state index in [0.29, 0.717) is 0 Å². The zero-order valence-corrected chi connectivity index (χ0v) is 8.65. The van der Waals surface area contributed by atoms with E-state index in [4.69, 9.17) is 15.5 Å². The van der Waals surface area contributed by atoms with Crippen molar-refractivity contribution < 1.29 is 19.8 Å². The van der Waals surface area contributed by atoms with Crippen molar-refractivity contribution in [1.29, 1.82) is 5.26 Å². The van der Waals surface area contributed by atoms with E-state index in [1.54, 1.807) is 19.9 Å². The number of aliphatic carboxylic acids is 2. The average Bonchev–Trinajstić information content (AvgIpc) is 2.09. The highest BCUT2D eigenvalue weighted by Gasteiger charge is 2.22. The highest BCUT2D eigenvalue weighted by Crippen LogP contribution is 2.19. The molecular formula is C10H13NO4. The van der Waals surface area contributed by atoms with Crippen LogP contribution in [0.5, 0.6) is 0 Å². The van der Waals surface area contributed by atoms with Gasteiger partial charge in [0.2, 0.25) is 0 Å². The van der Waals surface area contributed by atoms with E-state index in [2.05, 4.69) is 0 Å². The lowest BCUT2D eigenvalue weighted by Gasteiger charge is -2.10. The minimum absolute atomic E-state index is 0.00509. The Hall–Kier alpha value is -1.83. The molecule has 0 aliphatic rings. The van der Waals surface area contributed by atoms with Crippen LogP contribution in [0.3, 0.4) is 0 Å². The fourth-order valence-electron chi connectivity index (χ4n) is 1.26. The highest BCUT2D eigenvalue weighted by molar-refractivity contribution is 5.99. The molecule has 0 amide bonds. The number of carbonyl (C=O) groups is 2. The smallest absolute Gasteiger partial charge is 0.332 e. The van der Waals surface area contributed by atoms with Gasteiger partial charge >= 0.3 is 11.9 Å². The van der Waals surface area contributed by atoms with Gasteiger partial charge in [0.15, 0.2) is 0 Å². The maximum atomic E-state index is 10.8. The van der Waals surface area contributed by atoms with Gasteiger partial charge in [-0.1, -0.05) is 13.8 Å². The number of hydrogen-bond donors (Lipinski definition) is 2. The molecule has 0 saturated heterocycles. The van der Waals surface area contributed by atoms with Crippen LogP contribution in [0.4, 0.5) is 0 Å². The van der Waals surface area contributed by atoms with Crippen molar-refractivity contribution in [3.05, 3.63) is 11.1 Å². The summed E-state index contributed by atoms with van der Waals surface area (Å²) < 4.78 is 0. The van der Waals surface area contributed by atoms with E-state index in [1.165, 1.54) is 0 Å². The number of rotatable bonds is 5. The second-order valence-corrected chi connectivity index (χ2v) is 3.32. The predicted octanol–water partition coefficient (Wildman–Crippen LogP) is 1.41. The summed E-state index contributed by atoms with van der Waals surface area (Å²) >= 11 is 0. The zero-order chi connectivity index (χ0) is 12.0. The van der Waals surface area contributed by atoms with Crippen LogP contribution in [0.1, 0.15) is 26.7 Å². The predicted molar refractivity (Wildman–Crippen MR) is 52.0 cm³/mol. The third-order valence-corrected chi connectivity index (χ3v) is 1.88. The van der Waals surface area contributed by atoms with Crippen LogP contribution in [0.15, 0.2) is 11.1 Å². The number of nitriles is 1. The van der Waals surface area contributed by atoms with E-state index >= 15 is 0 Å². The summed E-state index contributed by atoms with van der Waals surface area (Å²) in [6.07, 6.45) is -0.0310. The van der Waals surface area contributed by atoms with Gasteiger partial charge < -0.3 is 10.2 Å². The Morgan fingerprint density at radius 3 is 2.07 bits per heavy atom. The molecule has 2 N–H and O–H groups in total. The lowest BCUT2D eigenvalue weighted by molar-refractivity contribution is -0.136. The van der Waals surface area contributed by atoms with Gasteiger partial charge in [0, 0.05) is 17.6 Å². The Balaban J connectivity index is 5.27. The fourth-order valence-corrected chi connectivity index (χ4v) is 1.26. The first-order valence-corrected chi connectivity index (χ1v) is 4.48. The van der Waals surface area contributed by atoms with E-state index < -0.39 is 11.9 Å². The molecule has 0 radical (unpaired) electrons. The van der Waals surface area contributed by atoms with Gasteiger partial charge in [0.1, 0.15) is 0 Å². The summed E-state index contributed by atoms with van der Waals surface area (Å²) in [5.41, 5.74) is -0.309. The van der Waals surface area contributed by atoms with E-state index in [0.717, 1.165) is 0 Å². The molecule has 0 unspecified atom stereocenters. The first-order chi connectivity index (χ1) is 6.91. The van der Waals surface area contributed by atoms with Gasteiger partial charge in [-0.2, -0.15) is 5.26 Å². The topological polar surface area (TPSA) is 98.4 Å². The van der Waals surface area contributed by atoms with Crippen LogP contribution >= 0.6 is 0 Å². The van der Waals surface area contributed by atoms with Gasteiger partial charge in [-0.3, -0.25) is 0 Å². The van der Waals surface area contributed by atoms with Crippen molar-refractivity contribution in [2.45, 2.75) is 26.7 Å². The maximum absolute atomic E-state index is 10.8. The van der Waals surface area contributed by atoms with Crippen molar-refractivity contribution >= 4 is 11.9 Å². The van der Waals surface area contributed by atoms with Crippen LogP contribution in [-0.4, -0.2) is 22.2 Å². The molecule has 5 nitrogen and oxygen atoms in total. The van der Waals surface area contributed by atoms with E-state index in [1.807, 2.05) is 0 Å². The normalized spacial score (nSPS) is 11.9. The number of hydrogen-bond acceptors (Lipinski definition) is 3. The van der Waals surface area contributed by atoms with Crippen LogP contribution in [0, 0.1) is 17.2 Å². The summed E-state index contributed by atoms with van der Waals surface area (Å²) in [5.74, 6) is -2.89. The van der Waals surface area contributed by atoms with E-state index in [9.17, 15) is 9.59 Å². The molecule has 0 bridgehead atoms. The minimum Gasteiger partial charge on any atom is -0.478 e. The first-order valence-electron chi connectivity index (χ1n) is 4.48. The van der Waals surface area contributed by atoms with Crippen molar-refractivity contribution in [2.24, 2.45) is 5.92 Å². The monoisotopic (exact) mass is 211 g/mol. The van der Waals surface area contributed by atoms with Gasteiger partial charge in [-0.05, 0) is 12.3 Å². The van der Waals surface area contributed by atoms with Gasteiger partial charge in [0.25, 0.3) is 0 Å². The van der Waals surface area contributed by atoms with Crippen molar-refractivity contribution in [2.75, 3.05) is 0 Å². The highest BCUT2D eigenvalue weighted by atomic mass is 16.4. The molecule has 15 heavy (non-hydrogen) atoms. The summed E-state index contributed by atoms with van der Waals surface area (Å²) in [4.78, 5) is 21.7. The van der Waals surface area contributed by atoms with Crippen LogP contribution < -0.4 is 0 Å². The van der Waals surface area contributed by atoms with Gasteiger partial charge in [-0.25, -0.2) is 9.59 Å². The first kappa shape index (κ1) is 13.2. The molecular weight excluding hydrogens is 198 g/mol. The second kappa shape index (κ2) is 5.81. The number of carboxylic acid groups (broad SMARTS) is 2. The molecule has 0 aromatic rings. The maximum Gasteiger partial charge on any atom is 0.332 e. The molecule has 0 fully saturated rings. The molecule has 0 atom stereocenters. The largest absolute Gasteiger partial charge is 0.478 e. The Bertz CT molecular complexity index is 336. The molecule has 82 valence electrons. The summed E-state index contributed by atoms with van der Waals surface area (Å²) in [5, 5.41) is 26.0. The zero-order valence-electron chi connectivity index (χ0n) is 8.65. The Morgan fingerprint density at radius 1 is 1.27 bits per heavy atom. The molecule has 0 spiro atoms. The van der Waals surface area contributed by atoms with E-state index in [-0.39, 0.29) is 29.9 Å². The number of nitrogens with zero attached hydrogens (tertiary/aromatic N) is 1. The van der Waals surface area contributed by atoms with Gasteiger partial charge in [-0.15, -0.1) is 0 Å². The average molecular weight is 211 g/mol. The van der Waals surface area contributed by atoms with Crippen LogP contribution in [0.2, 0.25) is 0 Å². The molecule has 5 heteroatoms. The molecule has 0 aliphatic heterocycles. The molecule has 0 saturated carbocycles. The Kier molecular flexibility index (Phi) is 5.10. The lowest BCUT2D eigenvalue weighted by Crippen LogP contribution is -2.15. The molecule has 0 rings (SSSR count). The summed E-state index contributed by atoms with van der Waals surface area (Å²) in [6, 6.07) is 1.80. The molecule has 0 aromatic carbocycles. The summed E-state index contributed by atoms with van der Waals surface area (Å²) in [7, 11) is 0. The van der Waals surface area contributed by atoms with Crippen LogP contribution in [-0.2, 0) is 9.59 Å².